The van der Waals surface area contributed by atoms with Crippen molar-refractivity contribution in [3.05, 3.63) is 47.8 Å². The molecule has 0 aliphatic heterocycles. The summed E-state index contributed by atoms with van der Waals surface area (Å²) in [5.41, 5.74) is 0.847. The molecule has 1 saturated carbocycles. The first-order valence-corrected chi connectivity index (χ1v) is 11.2. The molecule has 3 N–H and O–H groups in total. The van der Waals surface area contributed by atoms with Gasteiger partial charge in [-0.1, -0.05) is 0 Å². The van der Waals surface area contributed by atoms with Crippen LogP contribution in [0.15, 0.2) is 30.5 Å². The Morgan fingerprint density at radius 2 is 1.76 bits per heavy atom. The molecule has 3 aromatic rings. The molecule has 2 aromatic heterocycles. The topological polar surface area (TPSA) is 96.0 Å². The van der Waals surface area contributed by atoms with Crippen LogP contribution in [0.3, 0.4) is 0 Å². The van der Waals surface area contributed by atoms with Gasteiger partial charge in [-0.25, -0.2) is 18.6 Å². The second-order valence-electron chi connectivity index (χ2n) is 8.56. The SMILES string of the molecule is Cc1nc2cc(NC(=O)C3CC3)ncc2cc1-c1cc(NC(=O)NCCCC(F)(F)F)c(F)cc1F.Cl. The van der Waals surface area contributed by atoms with Crippen molar-refractivity contribution in [2.24, 2.45) is 5.92 Å². The number of halogens is 6. The number of fused-ring (bicyclic) bond motifs is 1. The fraction of sp³-hybridized carbons (Fsp3) is 0.333. The Kier molecular flexibility index (Phi) is 8.52. The number of nitrogens with one attached hydrogen (secondary N) is 3. The first-order valence-electron chi connectivity index (χ1n) is 11.2. The molecule has 3 amide bonds. The minimum absolute atomic E-state index is 0. The smallest absolute Gasteiger partial charge is 0.338 e. The molecular formula is C24H23ClF5N5O2. The van der Waals surface area contributed by atoms with Gasteiger partial charge in [-0.15, -0.1) is 12.4 Å². The lowest BCUT2D eigenvalue weighted by molar-refractivity contribution is -0.135. The van der Waals surface area contributed by atoms with Crippen LogP contribution in [0.5, 0.6) is 0 Å². The molecule has 198 valence electrons. The van der Waals surface area contributed by atoms with Crippen LogP contribution in [0.1, 0.15) is 31.4 Å². The van der Waals surface area contributed by atoms with Crippen LogP contribution in [0.25, 0.3) is 22.0 Å². The predicted octanol–water partition coefficient (Wildman–Crippen LogP) is 6.12. The summed E-state index contributed by atoms with van der Waals surface area (Å²) in [6.45, 7) is 1.35. The lowest BCUT2D eigenvalue weighted by Gasteiger charge is -2.13. The van der Waals surface area contributed by atoms with Gasteiger partial charge in [0.2, 0.25) is 5.91 Å². The second-order valence-corrected chi connectivity index (χ2v) is 8.56. The molecule has 0 saturated heterocycles. The van der Waals surface area contributed by atoms with Crippen LogP contribution in [0, 0.1) is 24.5 Å². The van der Waals surface area contributed by atoms with Gasteiger partial charge < -0.3 is 16.0 Å². The average molecular weight is 544 g/mol. The molecule has 4 rings (SSSR count). The Balaban J connectivity index is 0.00000380. The summed E-state index contributed by atoms with van der Waals surface area (Å²) in [6.07, 6.45) is -2.58. The van der Waals surface area contributed by atoms with Gasteiger partial charge in [-0.3, -0.25) is 9.78 Å². The van der Waals surface area contributed by atoms with Crippen molar-refractivity contribution in [1.82, 2.24) is 15.3 Å². The standard InChI is InChI=1S/C24H22F5N5O2.ClH/c1-12-15(7-14-11-31-21(10-19(14)32-12)34-22(35)13-3-4-13)16-8-20(18(26)9-17(16)25)33-23(36)30-6-2-5-24(27,28)29;/h7-11,13H,2-6H2,1H3,(H2,30,33,36)(H,31,34,35);1H. The number of anilines is 2. The summed E-state index contributed by atoms with van der Waals surface area (Å²) in [4.78, 5) is 32.6. The van der Waals surface area contributed by atoms with Crippen LogP contribution in [-0.2, 0) is 4.79 Å². The van der Waals surface area contributed by atoms with E-state index < -0.39 is 30.3 Å². The van der Waals surface area contributed by atoms with Gasteiger partial charge in [0.15, 0.2) is 0 Å². The highest BCUT2D eigenvalue weighted by Gasteiger charge is 2.30. The molecule has 0 unspecified atom stereocenters. The fourth-order valence-electron chi connectivity index (χ4n) is 3.59. The van der Waals surface area contributed by atoms with Crippen molar-refractivity contribution >= 4 is 46.8 Å². The highest BCUT2D eigenvalue weighted by atomic mass is 35.5. The lowest BCUT2D eigenvalue weighted by Crippen LogP contribution is -2.30. The number of rotatable bonds is 7. The number of benzene rings is 1. The molecule has 1 aliphatic carbocycles. The number of alkyl halides is 3. The van der Waals surface area contributed by atoms with E-state index in [-0.39, 0.29) is 48.4 Å². The van der Waals surface area contributed by atoms with Gasteiger partial charge in [-0.2, -0.15) is 13.2 Å². The molecule has 13 heteroatoms. The Hall–Kier alpha value is -3.54. The number of aryl methyl sites for hydroxylation is 1. The van der Waals surface area contributed by atoms with Crippen molar-refractivity contribution in [1.29, 1.82) is 0 Å². The normalized spacial score (nSPS) is 13.1. The van der Waals surface area contributed by atoms with Gasteiger partial charge in [0, 0.05) is 59.4 Å². The van der Waals surface area contributed by atoms with Crippen LogP contribution in [-0.4, -0.2) is 34.6 Å². The van der Waals surface area contributed by atoms with E-state index >= 15 is 0 Å². The average Bonchev–Trinajstić information content (AvgIpc) is 3.63. The molecule has 0 bridgehead atoms. The molecule has 7 nitrogen and oxygen atoms in total. The van der Waals surface area contributed by atoms with E-state index in [1.165, 1.54) is 6.20 Å². The van der Waals surface area contributed by atoms with Crippen molar-refractivity contribution in [3.63, 3.8) is 0 Å². The molecule has 1 fully saturated rings. The Morgan fingerprint density at radius 3 is 2.43 bits per heavy atom. The van der Waals surface area contributed by atoms with Crippen LogP contribution in [0.4, 0.5) is 38.3 Å². The summed E-state index contributed by atoms with van der Waals surface area (Å²) < 4.78 is 65.7. The minimum Gasteiger partial charge on any atom is -0.338 e. The lowest BCUT2D eigenvalue weighted by atomic mass is 10.0. The highest BCUT2D eigenvalue weighted by molar-refractivity contribution is 5.95. The van der Waals surface area contributed by atoms with E-state index in [9.17, 15) is 31.5 Å². The minimum atomic E-state index is -4.34. The predicted molar refractivity (Wildman–Crippen MR) is 131 cm³/mol. The van der Waals surface area contributed by atoms with E-state index in [0.29, 0.717) is 34.0 Å². The maximum absolute atomic E-state index is 14.7. The van der Waals surface area contributed by atoms with Gasteiger partial charge in [0.25, 0.3) is 0 Å². The van der Waals surface area contributed by atoms with E-state index in [0.717, 1.165) is 18.9 Å². The number of urea groups is 1. The van der Waals surface area contributed by atoms with Crippen molar-refractivity contribution < 1.29 is 31.5 Å². The quantitative estimate of drug-likeness (QED) is 0.247. The monoisotopic (exact) mass is 543 g/mol. The number of pyridine rings is 2. The fourth-order valence-corrected chi connectivity index (χ4v) is 3.59. The largest absolute Gasteiger partial charge is 0.389 e. The first-order chi connectivity index (χ1) is 17.0. The second kappa shape index (κ2) is 11.2. The number of nitrogens with zero attached hydrogens (tertiary/aromatic N) is 2. The van der Waals surface area contributed by atoms with Crippen molar-refractivity contribution in [2.45, 2.75) is 38.8 Å². The Morgan fingerprint density at radius 1 is 1.03 bits per heavy atom. The number of carbonyl (C=O) groups excluding carboxylic acids is 2. The summed E-state index contributed by atoms with van der Waals surface area (Å²) >= 11 is 0. The van der Waals surface area contributed by atoms with Gasteiger partial charge in [-0.05, 0) is 38.3 Å². The Bertz CT molecular complexity index is 1330. The molecule has 2 heterocycles. The van der Waals surface area contributed by atoms with E-state index in [1.54, 1.807) is 19.1 Å². The van der Waals surface area contributed by atoms with Crippen molar-refractivity contribution in [3.8, 4) is 11.1 Å². The van der Waals surface area contributed by atoms with E-state index in [2.05, 4.69) is 25.9 Å². The molecule has 1 aliphatic rings. The maximum atomic E-state index is 14.7. The maximum Gasteiger partial charge on any atom is 0.389 e. The Labute approximate surface area is 214 Å². The summed E-state index contributed by atoms with van der Waals surface area (Å²) in [5.74, 6) is -1.70. The number of hydrogen-bond donors (Lipinski definition) is 3. The van der Waals surface area contributed by atoms with Gasteiger partial charge >= 0.3 is 12.2 Å². The first kappa shape index (κ1) is 28.0. The molecule has 0 spiro atoms. The third-order valence-electron chi connectivity index (χ3n) is 5.61. The van der Waals surface area contributed by atoms with Crippen LogP contribution in [0.2, 0.25) is 0 Å². The summed E-state index contributed by atoms with van der Waals surface area (Å²) in [6, 6.07) is 3.98. The number of aromatic nitrogens is 2. The summed E-state index contributed by atoms with van der Waals surface area (Å²) in [7, 11) is 0. The molecular weight excluding hydrogens is 521 g/mol. The zero-order valence-corrected chi connectivity index (χ0v) is 20.3. The van der Waals surface area contributed by atoms with Crippen LogP contribution < -0.4 is 16.0 Å². The number of carbonyl (C=O) groups is 2. The number of hydrogen-bond acceptors (Lipinski definition) is 4. The number of amides is 3. The third-order valence-corrected chi connectivity index (χ3v) is 5.61. The van der Waals surface area contributed by atoms with Crippen LogP contribution >= 0.6 is 12.4 Å². The zero-order valence-electron chi connectivity index (χ0n) is 19.5. The van der Waals surface area contributed by atoms with Gasteiger partial charge in [0.05, 0.1) is 11.2 Å². The third kappa shape index (κ3) is 7.25. The van der Waals surface area contributed by atoms with E-state index in [4.69, 9.17) is 0 Å². The van der Waals surface area contributed by atoms with E-state index in [1.807, 2.05) is 0 Å². The molecule has 0 radical (unpaired) electrons. The highest BCUT2D eigenvalue weighted by Crippen LogP contribution is 2.33. The zero-order chi connectivity index (χ0) is 26.0. The van der Waals surface area contributed by atoms with Crippen molar-refractivity contribution in [2.75, 3.05) is 17.2 Å². The molecule has 0 atom stereocenters. The molecule has 1 aromatic carbocycles. The van der Waals surface area contributed by atoms with Gasteiger partial charge in [0.1, 0.15) is 17.5 Å². The molecule has 37 heavy (non-hydrogen) atoms. The summed E-state index contributed by atoms with van der Waals surface area (Å²) in [5, 5.41) is 7.68.